The van der Waals surface area contributed by atoms with E-state index in [9.17, 15) is 0 Å². The van der Waals surface area contributed by atoms with Gasteiger partial charge in [0.25, 0.3) is 0 Å². The molecule has 0 spiro atoms. The zero-order chi connectivity index (χ0) is 9.56. The van der Waals surface area contributed by atoms with E-state index in [4.69, 9.17) is 10.5 Å². The first-order chi connectivity index (χ1) is 5.63. The highest BCUT2D eigenvalue weighted by Crippen LogP contribution is 2.13. The fourth-order valence-electron chi connectivity index (χ4n) is 1.55. The Morgan fingerprint density at radius 1 is 1.33 bits per heavy atom. The van der Waals surface area contributed by atoms with Crippen LogP contribution in [-0.2, 0) is 4.74 Å². The minimum atomic E-state index is 0.204. The van der Waals surface area contributed by atoms with E-state index >= 15 is 0 Å². The van der Waals surface area contributed by atoms with Gasteiger partial charge in [0, 0.05) is 13.2 Å². The molecule has 0 amide bonds. The van der Waals surface area contributed by atoms with Crippen molar-refractivity contribution in [3.8, 4) is 0 Å². The zero-order valence-electron chi connectivity index (χ0n) is 8.84. The number of hydrogen-bond donors (Lipinski definition) is 1. The van der Waals surface area contributed by atoms with E-state index in [1.54, 1.807) is 7.11 Å². The van der Waals surface area contributed by atoms with Crippen molar-refractivity contribution in [2.24, 2.45) is 11.7 Å². The Kier molecular flexibility index (Phi) is 6.39. The highest BCUT2D eigenvalue weighted by Gasteiger charge is 2.19. The molecule has 2 atom stereocenters. The number of methoxy groups -OCH3 is 1. The first-order valence-electron chi connectivity index (χ1n) is 4.91. The maximum absolute atomic E-state index is 5.99. The molecule has 0 aliphatic carbocycles. The van der Waals surface area contributed by atoms with Crippen LogP contribution in [-0.4, -0.2) is 19.3 Å². The summed E-state index contributed by atoms with van der Waals surface area (Å²) >= 11 is 0. The number of ether oxygens (including phenoxy) is 1. The molecule has 0 aromatic rings. The molecule has 2 heteroatoms. The molecule has 74 valence electrons. The molecule has 0 bridgehead atoms. The van der Waals surface area contributed by atoms with E-state index in [1.807, 2.05) is 0 Å². The summed E-state index contributed by atoms with van der Waals surface area (Å²) in [5, 5.41) is 0. The standard InChI is InChI=1S/C10H23NO/c1-5-6-7-9(11)10(12-4)8(2)3/h8-10H,5-7,11H2,1-4H3. The van der Waals surface area contributed by atoms with Crippen LogP contribution in [0.3, 0.4) is 0 Å². The van der Waals surface area contributed by atoms with Crippen LogP contribution in [0.5, 0.6) is 0 Å². The molecule has 0 aromatic heterocycles. The second-order valence-electron chi connectivity index (χ2n) is 3.75. The third-order valence-electron chi connectivity index (χ3n) is 2.24. The van der Waals surface area contributed by atoms with Crippen molar-refractivity contribution in [2.75, 3.05) is 7.11 Å². The predicted octanol–water partition coefficient (Wildman–Crippen LogP) is 2.17. The molecular formula is C10H23NO. The Morgan fingerprint density at radius 2 is 1.92 bits per heavy atom. The van der Waals surface area contributed by atoms with Gasteiger partial charge in [0.2, 0.25) is 0 Å². The molecule has 0 saturated carbocycles. The van der Waals surface area contributed by atoms with Gasteiger partial charge in [-0.15, -0.1) is 0 Å². The molecule has 0 rings (SSSR count). The summed E-state index contributed by atoms with van der Waals surface area (Å²) in [6, 6.07) is 0.204. The minimum Gasteiger partial charge on any atom is -0.380 e. The van der Waals surface area contributed by atoms with E-state index in [0.29, 0.717) is 5.92 Å². The quantitative estimate of drug-likeness (QED) is 0.668. The minimum absolute atomic E-state index is 0.204. The monoisotopic (exact) mass is 173 g/mol. The van der Waals surface area contributed by atoms with E-state index < -0.39 is 0 Å². The lowest BCUT2D eigenvalue weighted by Gasteiger charge is -2.25. The normalized spacial score (nSPS) is 16.5. The molecule has 0 saturated heterocycles. The Balaban J connectivity index is 3.77. The molecule has 0 fully saturated rings. The molecule has 2 N–H and O–H groups in total. The molecule has 0 heterocycles. The lowest BCUT2D eigenvalue weighted by Crippen LogP contribution is -2.39. The van der Waals surface area contributed by atoms with Crippen LogP contribution < -0.4 is 5.73 Å². The van der Waals surface area contributed by atoms with Crippen molar-refractivity contribution in [2.45, 2.75) is 52.2 Å². The summed E-state index contributed by atoms with van der Waals surface area (Å²) in [6.07, 6.45) is 3.71. The first kappa shape index (κ1) is 11.9. The van der Waals surface area contributed by atoms with Crippen LogP contribution in [0.15, 0.2) is 0 Å². The van der Waals surface area contributed by atoms with Gasteiger partial charge in [-0.2, -0.15) is 0 Å². The zero-order valence-corrected chi connectivity index (χ0v) is 8.84. The largest absolute Gasteiger partial charge is 0.380 e. The van der Waals surface area contributed by atoms with Crippen LogP contribution in [0.25, 0.3) is 0 Å². The number of unbranched alkanes of at least 4 members (excludes halogenated alkanes) is 1. The van der Waals surface area contributed by atoms with E-state index in [2.05, 4.69) is 20.8 Å². The van der Waals surface area contributed by atoms with E-state index in [0.717, 1.165) is 6.42 Å². The van der Waals surface area contributed by atoms with Crippen molar-refractivity contribution in [1.82, 2.24) is 0 Å². The first-order valence-corrected chi connectivity index (χ1v) is 4.91. The lowest BCUT2D eigenvalue weighted by molar-refractivity contribution is 0.0413. The molecule has 2 unspecified atom stereocenters. The molecule has 2 nitrogen and oxygen atoms in total. The van der Waals surface area contributed by atoms with Gasteiger partial charge in [0.15, 0.2) is 0 Å². The Labute approximate surface area is 76.5 Å². The van der Waals surface area contributed by atoms with Crippen molar-refractivity contribution < 1.29 is 4.74 Å². The van der Waals surface area contributed by atoms with Gasteiger partial charge in [0.05, 0.1) is 6.10 Å². The lowest BCUT2D eigenvalue weighted by atomic mass is 9.96. The molecule has 0 aromatic carbocycles. The van der Waals surface area contributed by atoms with Gasteiger partial charge in [-0.3, -0.25) is 0 Å². The average molecular weight is 173 g/mol. The molecular weight excluding hydrogens is 150 g/mol. The van der Waals surface area contributed by atoms with Gasteiger partial charge in [-0.1, -0.05) is 33.6 Å². The molecule has 0 radical (unpaired) electrons. The van der Waals surface area contributed by atoms with Gasteiger partial charge < -0.3 is 10.5 Å². The third kappa shape index (κ3) is 4.07. The number of hydrogen-bond acceptors (Lipinski definition) is 2. The summed E-state index contributed by atoms with van der Waals surface area (Å²) in [7, 11) is 1.75. The van der Waals surface area contributed by atoms with Crippen molar-refractivity contribution >= 4 is 0 Å². The second kappa shape index (κ2) is 6.44. The highest BCUT2D eigenvalue weighted by atomic mass is 16.5. The van der Waals surface area contributed by atoms with Gasteiger partial charge in [-0.25, -0.2) is 0 Å². The third-order valence-corrected chi connectivity index (χ3v) is 2.24. The molecule has 0 aliphatic heterocycles. The summed E-state index contributed by atoms with van der Waals surface area (Å²) in [5.41, 5.74) is 5.99. The van der Waals surface area contributed by atoms with E-state index in [1.165, 1.54) is 12.8 Å². The van der Waals surface area contributed by atoms with Crippen LogP contribution in [0.2, 0.25) is 0 Å². The Bertz CT molecular complexity index is 104. The van der Waals surface area contributed by atoms with Crippen molar-refractivity contribution in [3.63, 3.8) is 0 Å². The van der Waals surface area contributed by atoms with Gasteiger partial charge in [0.1, 0.15) is 0 Å². The average Bonchev–Trinajstić information content (AvgIpc) is 2.01. The van der Waals surface area contributed by atoms with Crippen molar-refractivity contribution in [1.29, 1.82) is 0 Å². The number of rotatable bonds is 6. The smallest absolute Gasteiger partial charge is 0.0744 e. The summed E-state index contributed by atoms with van der Waals surface area (Å²) in [6.45, 7) is 6.49. The topological polar surface area (TPSA) is 35.2 Å². The SMILES string of the molecule is CCCCC(N)C(OC)C(C)C. The van der Waals surface area contributed by atoms with Crippen LogP contribution >= 0.6 is 0 Å². The predicted molar refractivity (Wildman–Crippen MR) is 53.1 cm³/mol. The Morgan fingerprint density at radius 3 is 2.25 bits per heavy atom. The van der Waals surface area contributed by atoms with Gasteiger partial charge >= 0.3 is 0 Å². The van der Waals surface area contributed by atoms with Crippen LogP contribution in [0.4, 0.5) is 0 Å². The fourth-order valence-corrected chi connectivity index (χ4v) is 1.55. The summed E-state index contributed by atoms with van der Waals surface area (Å²) in [4.78, 5) is 0. The van der Waals surface area contributed by atoms with Gasteiger partial charge in [-0.05, 0) is 12.3 Å². The van der Waals surface area contributed by atoms with E-state index in [-0.39, 0.29) is 12.1 Å². The van der Waals surface area contributed by atoms with Crippen LogP contribution in [0, 0.1) is 5.92 Å². The van der Waals surface area contributed by atoms with Crippen molar-refractivity contribution in [3.05, 3.63) is 0 Å². The highest BCUT2D eigenvalue weighted by molar-refractivity contribution is 4.75. The van der Waals surface area contributed by atoms with Crippen LogP contribution in [0.1, 0.15) is 40.0 Å². The summed E-state index contributed by atoms with van der Waals surface area (Å²) in [5.74, 6) is 0.516. The summed E-state index contributed by atoms with van der Waals surface area (Å²) < 4.78 is 5.35. The molecule has 0 aliphatic rings. The maximum atomic E-state index is 5.99. The molecule has 12 heavy (non-hydrogen) atoms. The second-order valence-corrected chi connectivity index (χ2v) is 3.75. The fraction of sp³-hybridized carbons (Fsp3) is 1.00. The Hall–Kier alpha value is -0.0800. The number of nitrogens with two attached hydrogens (primary N) is 1. The maximum Gasteiger partial charge on any atom is 0.0744 e.